The molecule has 2 heterocycles. The number of anilines is 3. The average Bonchev–Trinajstić information content (AvgIpc) is 2.74. The Morgan fingerprint density at radius 3 is 2.68 bits per heavy atom. The fourth-order valence-corrected chi connectivity index (χ4v) is 1.61. The van der Waals surface area contributed by atoms with Gasteiger partial charge >= 0.3 is 0 Å². The van der Waals surface area contributed by atoms with Crippen LogP contribution in [-0.4, -0.2) is 35.6 Å². The van der Waals surface area contributed by atoms with E-state index < -0.39 is 0 Å². The van der Waals surface area contributed by atoms with E-state index in [1.54, 1.807) is 17.4 Å². The van der Waals surface area contributed by atoms with Gasteiger partial charge in [0.25, 0.3) is 0 Å². The van der Waals surface area contributed by atoms with Crippen molar-refractivity contribution in [3.05, 3.63) is 23.7 Å². The average molecular weight is 262 g/mol. The minimum absolute atomic E-state index is 0.209. The Morgan fingerprint density at radius 1 is 1.26 bits per heavy atom. The zero-order valence-corrected chi connectivity index (χ0v) is 11.3. The van der Waals surface area contributed by atoms with Gasteiger partial charge < -0.3 is 20.4 Å². The van der Waals surface area contributed by atoms with Crippen LogP contribution < -0.4 is 16.0 Å². The van der Waals surface area contributed by atoms with Crippen LogP contribution in [0.15, 0.2) is 16.9 Å². The fraction of sp³-hybridized carbons (Fsp3) is 0.417. The zero-order chi connectivity index (χ0) is 13.8. The number of nitrogens with zero attached hydrogens (tertiary/aromatic N) is 4. The highest BCUT2D eigenvalue weighted by atomic mass is 16.3. The molecule has 0 spiro atoms. The summed E-state index contributed by atoms with van der Waals surface area (Å²) < 4.78 is 5.12. The number of nitrogens with two attached hydrogens (primary N) is 1. The Kier molecular flexibility index (Phi) is 3.84. The Labute approximate surface area is 111 Å². The van der Waals surface area contributed by atoms with Gasteiger partial charge in [0.15, 0.2) is 0 Å². The molecule has 0 fully saturated rings. The van der Waals surface area contributed by atoms with Crippen molar-refractivity contribution in [2.24, 2.45) is 0 Å². The molecule has 3 N–H and O–H groups in total. The van der Waals surface area contributed by atoms with Gasteiger partial charge in [-0.15, -0.1) is 0 Å². The summed E-state index contributed by atoms with van der Waals surface area (Å²) >= 11 is 0. The lowest BCUT2D eigenvalue weighted by molar-refractivity contribution is 0.562. The van der Waals surface area contributed by atoms with Crippen molar-refractivity contribution in [1.29, 1.82) is 0 Å². The monoisotopic (exact) mass is 262 g/mol. The maximum Gasteiger partial charge on any atom is 0.231 e. The molecular formula is C12H18N6O. The van der Waals surface area contributed by atoms with Crippen molar-refractivity contribution >= 4 is 17.8 Å². The van der Waals surface area contributed by atoms with Crippen LogP contribution in [0.25, 0.3) is 0 Å². The summed E-state index contributed by atoms with van der Waals surface area (Å²) in [7, 11) is 3.71. The molecule has 0 radical (unpaired) electrons. The quantitative estimate of drug-likeness (QED) is 0.832. The van der Waals surface area contributed by atoms with Crippen LogP contribution >= 0.6 is 0 Å². The third kappa shape index (κ3) is 3.34. The molecule has 0 saturated heterocycles. The summed E-state index contributed by atoms with van der Waals surface area (Å²) in [6.45, 7) is 2.72. The van der Waals surface area contributed by atoms with Crippen molar-refractivity contribution in [2.45, 2.75) is 13.3 Å². The molecule has 7 heteroatoms. The molecule has 0 atom stereocenters. The first kappa shape index (κ1) is 13.1. The van der Waals surface area contributed by atoms with E-state index in [9.17, 15) is 0 Å². The number of nitrogen functional groups attached to an aromatic ring is 1. The Hall–Kier alpha value is -2.31. The first-order valence-corrected chi connectivity index (χ1v) is 6.00. The lowest BCUT2D eigenvalue weighted by atomic mass is 10.1. The van der Waals surface area contributed by atoms with Gasteiger partial charge in [0, 0.05) is 20.6 Å². The Balaban J connectivity index is 1.98. The molecule has 0 unspecified atom stereocenters. The standard InChI is InChI=1S/C12H18N6O/c1-8-6-19-7-9(8)4-5-14-11-15-10(13)16-12(17-11)18(2)3/h6-7H,4-5H2,1-3H3,(H3,13,14,15,16,17). The first-order chi connectivity index (χ1) is 9.06. The molecule has 0 aliphatic carbocycles. The summed E-state index contributed by atoms with van der Waals surface area (Å²) in [5.74, 6) is 1.23. The third-order valence-corrected chi connectivity index (χ3v) is 2.68. The van der Waals surface area contributed by atoms with Crippen LogP contribution in [0.2, 0.25) is 0 Å². The number of hydrogen-bond acceptors (Lipinski definition) is 7. The minimum Gasteiger partial charge on any atom is -0.472 e. The van der Waals surface area contributed by atoms with Crippen molar-refractivity contribution in [2.75, 3.05) is 36.6 Å². The molecule has 0 saturated carbocycles. The normalized spacial score (nSPS) is 10.5. The third-order valence-electron chi connectivity index (χ3n) is 2.68. The highest BCUT2D eigenvalue weighted by Gasteiger charge is 2.06. The predicted octanol–water partition coefficient (Wildman–Crippen LogP) is 1.08. The van der Waals surface area contributed by atoms with Gasteiger partial charge in [0.05, 0.1) is 12.5 Å². The van der Waals surface area contributed by atoms with E-state index in [0.717, 1.165) is 12.0 Å². The highest BCUT2D eigenvalue weighted by molar-refractivity contribution is 5.40. The number of aryl methyl sites for hydroxylation is 1. The maximum atomic E-state index is 5.64. The SMILES string of the molecule is Cc1cocc1CCNc1nc(N)nc(N(C)C)n1. The Bertz CT molecular complexity index is 551. The van der Waals surface area contributed by atoms with Gasteiger partial charge in [-0.3, -0.25) is 0 Å². The van der Waals surface area contributed by atoms with Crippen LogP contribution in [0.4, 0.5) is 17.8 Å². The molecule has 0 aromatic carbocycles. The molecule has 0 aliphatic rings. The van der Waals surface area contributed by atoms with E-state index in [0.29, 0.717) is 18.4 Å². The summed E-state index contributed by atoms with van der Waals surface area (Å²) in [5, 5.41) is 3.14. The summed E-state index contributed by atoms with van der Waals surface area (Å²) in [6.07, 6.45) is 4.33. The molecule has 19 heavy (non-hydrogen) atoms. The molecule has 2 aromatic rings. The van der Waals surface area contributed by atoms with Crippen LogP contribution in [0.5, 0.6) is 0 Å². The number of furan rings is 1. The van der Waals surface area contributed by atoms with Crippen molar-refractivity contribution in [1.82, 2.24) is 15.0 Å². The van der Waals surface area contributed by atoms with E-state index in [1.807, 2.05) is 21.0 Å². The van der Waals surface area contributed by atoms with Gasteiger partial charge in [0.1, 0.15) is 0 Å². The molecule has 0 amide bonds. The predicted molar refractivity (Wildman–Crippen MR) is 74.2 cm³/mol. The van der Waals surface area contributed by atoms with E-state index in [4.69, 9.17) is 10.2 Å². The summed E-state index contributed by atoms with van der Waals surface area (Å²) in [6, 6.07) is 0. The number of nitrogens with one attached hydrogen (secondary N) is 1. The summed E-state index contributed by atoms with van der Waals surface area (Å²) in [4.78, 5) is 14.1. The molecule has 0 aliphatic heterocycles. The number of aromatic nitrogens is 3. The molecule has 102 valence electrons. The van der Waals surface area contributed by atoms with Crippen molar-refractivity contribution < 1.29 is 4.42 Å². The molecule has 2 rings (SSSR count). The molecule has 2 aromatic heterocycles. The zero-order valence-electron chi connectivity index (χ0n) is 11.3. The smallest absolute Gasteiger partial charge is 0.231 e. The van der Waals surface area contributed by atoms with Gasteiger partial charge in [-0.2, -0.15) is 15.0 Å². The van der Waals surface area contributed by atoms with Gasteiger partial charge in [-0.1, -0.05) is 0 Å². The minimum atomic E-state index is 0.209. The van der Waals surface area contributed by atoms with Crippen molar-refractivity contribution in [3.63, 3.8) is 0 Å². The van der Waals surface area contributed by atoms with E-state index in [2.05, 4.69) is 20.3 Å². The van der Waals surface area contributed by atoms with E-state index in [-0.39, 0.29) is 5.95 Å². The molecule has 7 nitrogen and oxygen atoms in total. The second-order valence-corrected chi connectivity index (χ2v) is 4.47. The summed E-state index contributed by atoms with van der Waals surface area (Å²) in [5.41, 5.74) is 7.96. The molecular weight excluding hydrogens is 244 g/mol. The van der Waals surface area contributed by atoms with Gasteiger partial charge in [-0.25, -0.2) is 0 Å². The second-order valence-electron chi connectivity index (χ2n) is 4.47. The van der Waals surface area contributed by atoms with Crippen molar-refractivity contribution in [3.8, 4) is 0 Å². The van der Waals surface area contributed by atoms with Crippen LogP contribution in [0.3, 0.4) is 0 Å². The second kappa shape index (κ2) is 5.55. The van der Waals surface area contributed by atoms with Gasteiger partial charge in [-0.05, 0) is 24.5 Å². The largest absolute Gasteiger partial charge is 0.472 e. The fourth-order valence-electron chi connectivity index (χ4n) is 1.61. The lowest BCUT2D eigenvalue weighted by Gasteiger charge is -2.12. The number of rotatable bonds is 5. The van der Waals surface area contributed by atoms with Crippen LogP contribution in [0.1, 0.15) is 11.1 Å². The topological polar surface area (TPSA) is 93.1 Å². The van der Waals surface area contributed by atoms with Crippen LogP contribution in [-0.2, 0) is 6.42 Å². The maximum absolute atomic E-state index is 5.64. The molecule has 0 bridgehead atoms. The van der Waals surface area contributed by atoms with E-state index >= 15 is 0 Å². The van der Waals surface area contributed by atoms with E-state index in [1.165, 1.54) is 5.56 Å². The van der Waals surface area contributed by atoms with Crippen LogP contribution in [0, 0.1) is 6.92 Å². The lowest BCUT2D eigenvalue weighted by Crippen LogP contribution is -2.17. The first-order valence-electron chi connectivity index (χ1n) is 6.00. The number of hydrogen-bond donors (Lipinski definition) is 2. The van der Waals surface area contributed by atoms with Gasteiger partial charge in [0.2, 0.25) is 17.8 Å². The Morgan fingerprint density at radius 2 is 2.05 bits per heavy atom. The highest BCUT2D eigenvalue weighted by Crippen LogP contribution is 2.11.